The van der Waals surface area contributed by atoms with Gasteiger partial charge in [0.1, 0.15) is 17.9 Å². The van der Waals surface area contributed by atoms with Crippen molar-refractivity contribution in [1.82, 2.24) is 10.2 Å². The van der Waals surface area contributed by atoms with Crippen molar-refractivity contribution in [1.29, 1.82) is 5.26 Å². The molecule has 0 aromatic heterocycles. The van der Waals surface area contributed by atoms with Gasteiger partial charge in [0, 0.05) is 0 Å². The maximum Gasteiger partial charge on any atom is 0.325 e. The van der Waals surface area contributed by atoms with Crippen LogP contribution in [0.5, 0.6) is 5.75 Å². The van der Waals surface area contributed by atoms with E-state index in [9.17, 15) is 9.59 Å². The van der Waals surface area contributed by atoms with Gasteiger partial charge in [0.2, 0.25) is 0 Å². The van der Waals surface area contributed by atoms with Crippen molar-refractivity contribution in [2.75, 3.05) is 13.2 Å². The van der Waals surface area contributed by atoms with Crippen molar-refractivity contribution in [2.45, 2.75) is 19.4 Å². The number of ether oxygens (including phenoxy) is 1. The predicted molar refractivity (Wildman–Crippen MR) is 95.4 cm³/mol. The van der Waals surface area contributed by atoms with Crippen LogP contribution in [0.25, 0.3) is 0 Å². The quantitative estimate of drug-likeness (QED) is 0.842. The number of rotatable bonds is 5. The molecule has 0 radical (unpaired) electrons. The van der Waals surface area contributed by atoms with Crippen LogP contribution in [-0.4, -0.2) is 30.0 Å². The lowest BCUT2D eigenvalue weighted by Gasteiger charge is -2.22. The maximum atomic E-state index is 12.8. The van der Waals surface area contributed by atoms with E-state index >= 15 is 0 Å². The molecule has 2 aromatic carbocycles. The third kappa shape index (κ3) is 3.11. The van der Waals surface area contributed by atoms with Crippen LogP contribution in [0.1, 0.15) is 23.6 Å². The lowest BCUT2D eigenvalue weighted by Crippen LogP contribution is -2.41. The summed E-state index contributed by atoms with van der Waals surface area (Å²) in [5, 5.41) is 11.6. The fraction of sp³-hybridized carbons (Fsp3) is 0.250. The number of hydrogen-bond donors (Lipinski definition) is 1. The highest BCUT2D eigenvalue weighted by Crippen LogP contribution is 2.29. The first-order valence-corrected chi connectivity index (χ1v) is 8.29. The Morgan fingerprint density at radius 1 is 1.15 bits per heavy atom. The number of hydrogen-bond acceptors (Lipinski definition) is 4. The van der Waals surface area contributed by atoms with Gasteiger partial charge in [0.05, 0.1) is 18.2 Å². The van der Waals surface area contributed by atoms with E-state index in [1.54, 1.807) is 31.2 Å². The van der Waals surface area contributed by atoms with Gasteiger partial charge >= 0.3 is 6.03 Å². The number of aryl methyl sites for hydroxylation is 1. The van der Waals surface area contributed by atoms with Gasteiger partial charge in [0.15, 0.2) is 0 Å². The Hall–Kier alpha value is -3.33. The molecule has 1 aliphatic rings. The molecule has 0 saturated carbocycles. The highest BCUT2D eigenvalue weighted by Gasteiger charge is 2.48. The molecule has 1 aliphatic heterocycles. The average Bonchev–Trinajstić information content (AvgIpc) is 2.87. The number of amides is 3. The number of nitriles is 1. The van der Waals surface area contributed by atoms with Crippen LogP contribution in [0.15, 0.2) is 48.5 Å². The second-order valence-electron chi connectivity index (χ2n) is 6.32. The molecule has 0 aliphatic carbocycles. The smallest absolute Gasteiger partial charge is 0.325 e. The summed E-state index contributed by atoms with van der Waals surface area (Å²) in [6, 6.07) is 15.8. The molecule has 1 saturated heterocycles. The number of nitrogens with one attached hydrogen (secondary N) is 1. The second kappa shape index (κ2) is 6.89. The number of nitrogens with zero attached hydrogens (tertiary/aromatic N) is 2. The molecule has 2 aromatic rings. The van der Waals surface area contributed by atoms with E-state index in [1.807, 2.05) is 37.3 Å². The molecule has 6 nitrogen and oxygen atoms in total. The zero-order valence-electron chi connectivity index (χ0n) is 14.7. The fourth-order valence-electron chi connectivity index (χ4n) is 2.94. The fourth-order valence-corrected chi connectivity index (χ4v) is 2.94. The largest absolute Gasteiger partial charge is 0.491 e. The molecule has 0 bridgehead atoms. The first kappa shape index (κ1) is 17.5. The summed E-state index contributed by atoms with van der Waals surface area (Å²) in [4.78, 5) is 26.3. The van der Waals surface area contributed by atoms with E-state index in [0.29, 0.717) is 11.1 Å². The Labute approximate surface area is 152 Å². The third-order valence-corrected chi connectivity index (χ3v) is 4.53. The van der Waals surface area contributed by atoms with Gasteiger partial charge in [-0.1, -0.05) is 30.3 Å². The second-order valence-corrected chi connectivity index (χ2v) is 6.32. The SMILES string of the molecule is Cc1ccccc1OCCN1C(=O)NC(C)(c2ccc(C#N)cc2)C1=O. The number of para-hydroxylation sites is 1. The minimum atomic E-state index is -1.15. The molecule has 3 rings (SSSR count). The monoisotopic (exact) mass is 349 g/mol. The highest BCUT2D eigenvalue weighted by atomic mass is 16.5. The molecule has 1 atom stereocenters. The molecule has 0 spiro atoms. The van der Waals surface area contributed by atoms with Gasteiger partial charge in [-0.3, -0.25) is 9.69 Å². The molecular weight excluding hydrogens is 330 g/mol. The van der Waals surface area contributed by atoms with Crippen LogP contribution >= 0.6 is 0 Å². The summed E-state index contributed by atoms with van der Waals surface area (Å²) in [6.45, 7) is 3.97. The normalized spacial score (nSPS) is 19.2. The number of benzene rings is 2. The molecule has 1 N–H and O–H groups in total. The molecular formula is C20H19N3O3. The Balaban J connectivity index is 1.70. The van der Waals surface area contributed by atoms with Gasteiger partial charge in [-0.2, -0.15) is 5.26 Å². The first-order chi connectivity index (χ1) is 12.5. The lowest BCUT2D eigenvalue weighted by atomic mass is 9.91. The van der Waals surface area contributed by atoms with Crippen LogP contribution in [0.2, 0.25) is 0 Å². The molecule has 3 amide bonds. The van der Waals surface area contributed by atoms with Gasteiger partial charge in [0.25, 0.3) is 5.91 Å². The topological polar surface area (TPSA) is 82.4 Å². The minimum Gasteiger partial charge on any atom is -0.491 e. The van der Waals surface area contributed by atoms with Crippen molar-refractivity contribution in [3.63, 3.8) is 0 Å². The van der Waals surface area contributed by atoms with E-state index in [1.165, 1.54) is 0 Å². The molecule has 1 fully saturated rings. The average molecular weight is 349 g/mol. The zero-order valence-corrected chi connectivity index (χ0v) is 14.7. The van der Waals surface area contributed by atoms with Crippen LogP contribution in [0.4, 0.5) is 4.79 Å². The maximum absolute atomic E-state index is 12.8. The van der Waals surface area contributed by atoms with E-state index < -0.39 is 11.6 Å². The summed E-state index contributed by atoms with van der Waals surface area (Å²) in [6.07, 6.45) is 0. The van der Waals surface area contributed by atoms with Crippen molar-refractivity contribution in [3.8, 4) is 11.8 Å². The lowest BCUT2D eigenvalue weighted by molar-refractivity contribution is -0.131. The number of carbonyl (C=O) groups is 2. The summed E-state index contributed by atoms with van der Waals surface area (Å²) in [5.41, 5.74) is 0.982. The molecule has 6 heteroatoms. The van der Waals surface area contributed by atoms with E-state index in [-0.39, 0.29) is 19.1 Å². The summed E-state index contributed by atoms with van der Waals surface area (Å²) < 4.78 is 5.69. The summed E-state index contributed by atoms with van der Waals surface area (Å²) in [7, 11) is 0. The van der Waals surface area contributed by atoms with Crippen LogP contribution < -0.4 is 10.1 Å². The Bertz CT molecular complexity index is 886. The molecule has 26 heavy (non-hydrogen) atoms. The number of carbonyl (C=O) groups excluding carboxylic acids is 2. The summed E-state index contributed by atoms with van der Waals surface area (Å²) in [5.74, 6) is 0.398. The Kier molecular flexibility index (Phi) is 4.63. The van der Waals surface area contributed by atoms with Crippen molar-refractivity contribution < 1.29 is 14.3 Å². The first-order valence-electron chi connectivity index (χ1n) is 8.29. The van der Waals surface area contributed by atoms with E-state index in [4.69, 9.17) is 10.00 Å². The van der Waals surface area contributed by atoms with Crippen molar-refractivity contribution in [2.24, 2.45) is 0 Å². The zero-order chi connectivity index (χ0) is 18.7. The van der Waals surface area contributed by atoms with Crippen molar-refractivity contribution >= 4 is 11.9 Å². The minimum absolute atomic E-state index is 0.158. The van der Waals surface area contributed by atoms with Gasteiger partial charge in [-0.15, -0.1) is 0 Å². The third-order valence-electron chi connectivity index (χ3n) is 4.53. The van der Waals surface area contributed by atoms with Gasteiger partial charge in [-0.25, -0.2) is 4.79 Å². The molecule has 1 heterocycles. The van der Waals surface area contributed by atoms with E-state index in [2.05, 4.69) is 5.32 Å². The van der Waals surface area contributed by atoms with Crippen LogP contribution in [0, 0.1) is 18.3 Å². The summed E-state index contributed by atoms with van der Waals surface area (Å²) >= 11 is 0. The van der Waals surface area contributed by atoms with Crippen LogP contribution in [0.3, 0.4) is 0 Å². The molecule has 1 unspecified atom stereocenters. The van der Waals surface area contributed by atoms with Gasteiger partial charge in [-0.05, 0) is 43.2 Å². The Morgan fingerprint density at radius 2 is 1.85 bits per heavy atom. The van der Waals surface area contributed by atoms with Gasteiger partial charge < -0.3 is 10.1 Å². The molecule has 132 valence electrons. The van der Waals surface area contributed by atoms with Crippen LogP contribution in [-0.2, 0) is 10.3 Å². The number of urea groups is 1. The number of imide groups is 1. The standard InChI is InChI=1S/C20H19N3O3/c1-14-5-3-4-6-17(14)26-12-11-23-18(24)20(2,22-19(23)25)16-9-7-15(13-21)8-10-16/h3-10H,11-12H2,1-2H3,(H,22,25). The van der Waals surface area contributed by atoms with Crippen molar-refractivity contribution in [3.05, 3.63) is 65.2 Å². The van der Waals surface area contributed by atoms with E-state index in [0.717, 1.165) is 16.2 Å². The predicted octanol–water partition coefficient (Wildman–Crippen LogP) is 2.71. The Morgan fingerprint density at radius 3 is 2.50 bits per heavy atom. The highest BCUT2D eigenvalue weighted by molar-refractivity contribution is 6.07.